The van der Waals surface area contributed by atoms with E-state index in [4.69, 9.17) is 5.11 Å². The van der Waals surface area contributed by atoms with E-state index in [0.29, 0.717) is 13.0 Å². The lowest BCUT2D eigenvalue weighted by Gasteiger charge is -2.03. The third kappa shape index (κ3) is 1.58. The van der Waals surface area contributed by atoms with Gasteiger partial charge in [-0.3, -0.25) is 4.79 Å². The Morgan fingerprint density at radius 1 is 1.43 bits per heavy atom. The average molecular weight is 209 g/mol. The van der Waals surface area contributed by atoms with Gasteiger partial charge in [0.2, 0.25) is 0 Å². The first-order valence-electron chi connectivity index (χ1n) is 4.50. The molecule has 14 heavy (non-hydrogen) atoms. The number of rotatable bonds is 3. The normalized spacial score (nSPS) is 10.9. The van der Waals surface area contributed by atoms with Crippen LogP contribution in [0.4, 0.5) is 0 Å². The van der Waals surface area contributed by atoms with E-state index in [1.165, 1.54) is 0 Å². The van der Waals surface area contributed by atoms with Gasteiger partial charge < -0.3 is 9.67 Å². The predicted octanol–water partition coefficient (Wildman–Crippen LogP) is 1.45. The average Bonchev–Trinajstić information content (AvgIpc) is 2.66. The van der Waals surface area contributed by atoms with Gasteiger partial charge in [0.25, 0.3) is 5.56 Å². The highest BCUT2D eigenvalue weighted by atomic mass is 32.1. The maximum atomic E-state index is 11.8. The lowest BCUT2D eigenvalue weighted by Crippen LogP contribution is -2.19. The summed E-state index contributed by atoms with van der Waals surface area (Å²) in [5.74, 6) is 0. The zero-order chi connectivity index (χ0) is 9.97. The second-order valence-electron chi connectivity index (χ2n) is 3.09. The van der Waals surface area contributed by atoms with Crippen molar-refractivity contribution in [3.8, 4) is 0 Å². The molecule has 0 aromatic carbocycles. The minimum atomic E-state index is 0.0391. The van der Waals surface area contributed by atoms with Crippen molar-refractivity contribution in [1.82, 2.24) is 4.57 Å². The summed E-state index contributed by atoms with van der Waals surface area (Å²) in [6.07, 6.45) is 2.41. The summed E-state index contributed by atoms with van der Waals surface area (Å²) in [4.78, 5) is 11.8. The van der Waals surface area contributed by atoms with Crippen molar-refractivity contribution in [2.45, 2.75) is 13.0 Å². The Labute approximate surface area is 85.2 Å². The number of aliphatic hydroxyl groups is 1. The van der Waals surface area contributed by atoms with Gasteiger partial charge in [0, 0.05) is 24.0 Å². The van der Waals surface area contributed by atoms with E-state index in [9.17, 15) is 4.79 Å². The molecule has 3 nitrogen and oxygen atoms in total. The van der Waals surface area contributed by atoms with Crippen molar-refractivity contribution >= 4 is 21.4 Å². The zero-order valence-corrected chi connectivity index (χ0v) is 8.46. The zero-order valence-electron chi connectivity index (χ0n) is 7.64. The van der Waals surface area contributed by atoms with Crippen molar-refractivity contribution in [3.05, 3.63) is 34.1 Å². The molecule has 0 radical (unpaired) electrons. The number of fused-ring (bicyclic) bond motifs is 1. The van der Waals surface area contributed by atoms with Gasteiger partial charge in [-0.1, -0.05) is 0 Å². The fraction of sp³-hybridized carbons (Fsp3) is 0.300. The molecule has 0 saturated carbocycles. The molecule has 0 unspecified atom stereocenters. The minimum Gasteiger partial charge on any atom is -0.396 e. The first kappa shape index (κ1) is 9.43. The van der Waals surface area contributed by atoms with E-state index in [1.807, 2.05) is 17.5 Å². The quantitative estimate of drug-likeness (QED) is 0.831. The number of hydrogen-bond donors (Lipinski definition) is 1. The summed E-state index contributed by atoms with van der Waals surface area (Å²) in [6.45, 7) is 0.704. The third-order valence-corrected chi connectivity index (χ3v) is 3.03. The molecule has 74 valence electrons. The Morgan fingerprint density at radius 3 is 3.07 bits per heavy atom. The number of nitrogens with zero attached hydrogens (tertiary/aromatic N) is 1. The number of aromatic nitrogens is 1. The monoisotopic (exact) mass is 209 g/mol. The lowest BCUT2D eigenvalue weighted by molar-refractivity contribution is 0.279. The summed E-state index contributed by atoms with van der Waals surface area (Å²) in [6, 6.07) is 3.79. The van der Waals surface area contributed by atoms with Crippen LogP contribution in [0.25, 0.3) is 10.1 Å². The van der Waals surface area contributed by atoms with Crippen molar-refractivity contribution in [2.75, 3.05) is 6.61 Å². The van der Waals surface area contributed by atoms with Gasteiger partial charge >= 0.3 is 0 Å². The van der Waals surface area contributed by atoms with Crippen LogP contribution in [0, 0.1) is 0 Å². The van der Waals surface area contributed by atoms with Gasteiger partial charge in [-0.2, -0.15) is 0 Å². The van der Waals surface area contributed by atoms with Crippen LogP contribution in [-0.2, 0) is 6.54 Å². The molecule has 0 spiro atoms. The molecule has 0 atom stereocenters. The van der Waals surface area contributed by atoms with Crippen LogP contribution in [-0.4, -0.2) is 16.3 Å². The Morgan fingerprint density at radius 2 is 2.29 bits per heavy atom. The fourth-order valence-electron chi connectivity index (χ4n) is 1.42. The van der Waals surface area contributed by atoms with Crippen LogP contribution < -0.4 is 5.56 Å². The second kappa shape index (κ2) is 3.94. The van der Waals surface area contributed by atoms with Gasteiger partial charge in [-0.25, -0.2) is 0 Å². The maximum Gasteiger partial charge on any atom is 0.259 e. The minimum absolute atomic E-state index is 0.0391. The number of aliphatic hydroxyl groups excluding tert-OH is 1. The Kier molecular flexibility index (Phi) is 2.65. The van der Waals surface area contributed by atoms with Gasteiger partial charge in [0.1, 0.15) is 0 Å². The topological polar surface area (TPSA) is 42.2 Å². The summed E-state index contributed by atoms with van der Waals surface area (Å²) in [5, 5.41) is 11.4. The SMILES string of the molecule is O=c1c2ccsc2ccn1CCCO. The largest absolute Gasteiger partial charge is 0.396 e. The van der Waals surface area contributed by atoms with E-state index in [-0.39, 0.29) is 12.2 Å². The molecule has 0 aliphatic rings. The number of thiophene rings is 1. The molecule has 2 aromatic heterocycles. The molecule has 2 heterocycles. The molecule has 4 heteroatoms. The molecule has 0 aliphatic carbocycles. The van der Waals surface area contributed by atoms with E-state index in [1.54, 1.807) is 22.1 Å². The van der Waals surface area contributed by atoms with Crippen molar-refractivity contribution in [2.24, 2.45) is 0 Å². The molecule has 0 bridgehead atoms. The summed E-state index contributed by atoms with van der Waals surface area (Å²) >= 11 is 1.57. The molecule has 0 amide bonds. The van der Waals surface area contributed by atoms with E-state index < -0.39 is 0 Å². The van der Waals surface area contributed by atoms with Crippen molar-refractivity contribution < 1.29 is 5.11 Å². The van der Waals surface area contributed by atoms with Crippen molar-refractivity contribution in [3.63, 3.8) is 0 Å². The Balaban J connectivity index is 2.46. The standard InChI is InChI=1S/C10H11NO2S/c12-6-1-4-11-5-2-9-8(10(11)13)3-7-14-9/h2-3,5,7,12H,1,4,6H2. The Hall–Kier alpha value is -1.13. The molecular weight excluding hydrogens is 198 g/mol. The molecule has 0 saturated heterocycles. The highest BCUT2D eigenvalue weighted by Crippen LogP contribution is 2.16. The van der Waals surface area contributed by atoms with E-state index >= 15 is 0 Å². The highest BCUT2D eigenvalue weighted by molar-refractivity contribution is 7.17. The van der Waals surface area contributed by atoms with Gasteiger partial charge in [0.15, 0.2) is 0 Å². The smallest absolute Gasteiger partial charge is 0.259 e. The van der Waals surface area contributed by atoms with Crippen molar-refractivity contribution in [1.29, 1.82) is 0 Å². The molecule has 0 aliphatic heterocycles. The predicted molar refractivity (Wildman–Crippen MR) is 57.8 cm³/mol. The van der Waals surface area contributed by atoms with Crippen LogP contribution in [0.15, 0.2) is 28.5 Å². The second-order valence-corrected chi connectivity index (χ2v) is 4.04. The lowest BCUT2D eigenvalue weighted by atomic mass is 10.3. The molecule has 1 N–H and O–H groups in total. The van der Waals surface area contributed by atoms with Gasteiger partial charge in [-0.15, -0.1) is 11.3 Å². The molecule has 2 rings (SSSR count). The van der Waals surface area contributed by atoms with Crippen LogP contribution >= 0.6 is 11.3 Å². The van der Waals surface area contributed by atoms with Gasteiger partial charge in [-0.05, 0) is 23.9 Å². The first-order chi connectivity index (χ1) is 6.83. The number of aryl methyl sites for hydroxylation is 1. The van der Waals surface area contributed by atoms with Crippen LogP contribution in [0.5, 0.6) is 0 Å². The number of pyridine rings is 1. The van der Waals surface area contributed by atoms with E-state index in [2.05, 4.69) is 0 Å². The number of hydrogen-bond acceptors (Lipinski definition) is 3. The van der Waals surface area contributed by atoms with Crippen LogP contribution in [0.1, 0.15) is 6.42 Å². The summed E-state index contributed by atoms with van der Waals surface area (Å²) in [7, 11) is 0. The first-order valence-corrected chi connectivity index (χ1v) is 5.38. The molecular formula is C10H11NO2S. The summed E-state index contributed by atoms with van der Waals surface area (Å²) < 4.78 is 2.67. The van der Waals surface area contributed by atoms with Gasteiger partial charge in [0.05, 0.1) is 5.39 Å². The third-order valence-electron chi connectivity index (χ3n) is 2.15. The van der Waals surface area contributed by atoms with Crippen LogP contribution in [0.2, 0.25) is 0 Å². The fourth-order valence-corrected chi connectivity index (χ4v) is 2.20. The van der Waals surface area contributed by atoms with Crippen LogP contribution in [0.3, 0.4) is 0 Å². The Bertz CT molecular complexity index is 486. The molecule has 2 aromatic rings. The van der Waals surface area contributed by atoms with E-state index in [0.717, 1.165) is 10.1 Å². The molecule has 0 fully saturated rings. The highest BCUT2D eigenvalue weighted by Gasteiger charge is 2.02. The maximum absolute atomic E-state index is 11.8. The summed E-state index contributed by atoms with van der Waals surface area (Å²) in [5.41, 5.74) is 0.0391.